The van der Waals surface area contributed by atoms with E-state index in [0.29, 0.717) is 0 Å². The predicted molar refractivity (Wildman–Crippen MR) is 130 cm³/mol. The summed E-state index contributed by atoms with van der Waals surface area (Å²) in [4.78, 5) is 14.6. The molecule has 7 aromatic rings. The second kappa shape index (κ2) is 6.90. The van der Waals surface area contributed by atoms with Crippen molar-refractivity contribution in [2.75, 3.05) is 0 Å². The Labute approximate surface area is 189 Å². The maximum absolute atomic E-state index is 4.87. The summed E-state index contributed by atoms with van der Waals surface area (Å²) in [5, 5.41) is 0. The Morgan fingerprint density at radius 2 is 0.636 bits per heavy atom. The van der Waals surface area contributed by atoms with Crippen LogP contribution >= 0.6 is 0 Å². The van der Waals surface area contributed by atoms with Crippen LogP contribution in [0.1, 0.15) is 0 Å². The highest BCUT2D eigenvalue weighted by Crippen LogP contribution is 2.36. The molecule has 6 nitrogen and oxygen atoms in total. The normalized spacial score (nSPS) is 11.6. The first-order valence-corrected chi connectivity index (χ1v) is 10.8. The van der Waals surface area contributed by atoms with Crippen molar-refractivity contribution in [1.29, 1.82) is 0 Å². The predicted octanol–water partition coefficient (Wildman–Crippen LogP) is 5.70. The fraction of sp³-hybridized carbons (Fsp3) is 0. The summed E-state index contributed by atoms with van der Waals surface area (Å²) < 4.78 is 6.34. The summed E-state index contributed by atoms with van der Waals surface area (Å²) in [6.45, 7) is 0. The van der Waals surface area contributed by atoms with Crippen molar-refractivity contribution in [2.45, 2.75) is 0 Å². The van der Waals surface area contributed by atoms with Gasteiger partial charge >= 0.3 is 0 Å². The lowest BCUT2D eigenvalue weighted by Gasteiger charge is -2.09. The molecule has 0 saturated heterocycles. The standard InChI is InChI=1S/C27H18N6/c1-4-10-19(11-5-1)31-16-28-22-25(31)23-27(32(17-29-23)20-12-6-2-7-13-20)24-26(22)33(18-30-24)21-14-8-3-9-15-21/h1-18H. The average Bonchev–Trinajstić information content (AvgIpc) is 3.61. The van der Waals surface area contributed by atoms with Crippen molar-refractivity contribution in [3.8, 4) is 17.1 Å². The van der Waals surface area contributed by atoms with E-state index < -0.39 is 0 Å². The molecule has 0 amide bonds. The van der Waals surface area contributed by atoms with Crippen LogP contribution in [0.25, 0.3) is 50.2 Å². The molecule has 6 heteroatoms. The Morgan fingerprint density at radius 3 is 0.909 bits per heavy atom. The minimum Gasteiger partial charge on any atom is -0.297 e. The Bertz CT molecular complexity index is 1500. The number of imidazole rings is 3. The lowest BCUT2D eigenvalue weighted by atomic mass is 10.2. The molecule has 0 spiro atoms. The molecule has 0 unspecified atom stereocenters. The van der Waals surface area contributed by atoms with E-state index in [1.54, 1.807) is 0 Å². The van der Waals surface area contributed by atoms with Crippen molar-refractivity contribution >= 4 is 33.1 Å². The van der Waals surface area contributed by atoms with Crippen molar-refractivity contribution in [3.63, 3.8) is 0 Å². The molecule has 0 atom stereocenters. The molecule has 4 aromatic carbocycles. The van der Waals surface area contributed by atoms with E-state index in [0.717, 1.165) is 50.2 Å². The number of fused-ring (bicyclic) bond motifs is 6. The third kappa shape index (κ3) is 2.58. The largest absolute Gasteiger partial charge is 0.297 e. The number of nitrogens with zero attached hydrogens (tertiary/aromatic N) is 6. The molecule has 0 aliphatic carbocycles. The van der Waals surface area contributed by atoms with E-state index >= 15 is 0 Å². The monoisotopic (exact) mass is 426 g/mol. The van der Waals surface area contributed by atoms with Crippen LogP contribution in [-0.4, -0.2) is 28.7 Å². The van der Waals surface area contributed by atoms with Gasteiger partial charge in [-0.05, 0) is 36.4 Å². The highest BCUT2D eigenvalue weighted by molar-refractivity contribution is 6.20. The summed E-state index contributed by atoms with van der Waals surface area (Å²) in [6.07, 6.45) is 5.63. The molecule has 0 saturated carbocycles. The zero-order chi connectivity index (χ0) is 21.8. The first-order valence-electron chi connectivity index (χ1n) is 10.8. The maximum Gasteiger partial charge on any atom is 0.117 e. The number of hydrogen-bond acceptors (Lipinski definition) is 3. The second-order valence-electron chi connectivity index (χ2n) is 7.94. The van der Waals surface area contributed by atoms with Gasteiger partial charge in [-0.1, -0.05) is 54.6 Å². The summed E-state index contributed by atoms with van der Waals surface area (Å²) in [5.41, 5.74) is 8.66. The van der Waals surface area contributed by atoms with Crippen LogP contribution in [0.4, 0.5) is 0 Å². The molecular weight excluding hydrogens is 408 g/mol. The van der Waals surface area contributed by atoms with E-state index in [9.17, 15) is 0 Å². The molecule has 0 fully saturated rings. The Morgan fingerprint density at radius 1 is 0.364 bits per heavy atom. The lowest BCUT2D eigenvalue weighted by molar-refractivity contribution is 1.09. The van der Waals surface area contributed by atoms with Gasteiger partial charge < -0.3 is 0 Å². The van der Waals surface area contributed by atoms with E-state index in [2.05, 4.69) is 50.1 Å². The zero-order valence-electron chi connectivity index (χ0n) is 17.6. The van der Waals surface area contributed by atoms with Gasteiger partial charge in [0, 0.05) is 17.1 Å². The van der Waals surface area contributed by atoms with Crippen molar-refractivity contribution in [1.82, 2.24) is 28.7 Å². The van der Waals surface area contributed by atoms with Crippen LogP contribution in [0.5, 0.6) is 0 Å². The van der Waals surface area contributed by atoms with Gasteiger partial charge in [-0.25, -0.2) is 15.0 Å². The van der Waals surface area contributed by atoms with Gasteiger partial charge in [0.05, 0.1) is 0 Å². The molecule has 7 rings (SSSR count). The van der Waals surface area contributed by atoms with Crippen molar-refractivity contribution in [3.05, 3.63) is 110 Å². The van der Waals surface area contributed by atoms with Gasteiger partial charge in [0.2, 0.25) is 0 Å². The Balaban J connectivity index is 1.68. The molecular formula is C27H18N6. The molecule has 0 bridgehead atoms. The lowest BCUT2D eigenvalue weighted by Crippen LogP contribution is -1.97. The number of rotatable bonds is 3. The van der Waals surface area contributed by atoms with Crippen LogP contribution < -0.4 is 0 Å². The molecule has 0 radical (unpaired) electrons. The van der Waals surface area contributed by atoms with Crippen LogP contribution in [0, 0.1) is 0 Å². The van der Waals surface area contributed by atoms with Gasteiger partial charge in [-0.15, -0.1) is 0 Å². The Hall–Kier alpha value is -4.71. The quantitative estimate of drug-likeness (QED) is 0.364. The molecule has 3 heterocycles. The molecule has 33 heavy (non-hydrogen) atoms. The average molecular weight is 426 g/mol. The van der Waals surface area contributed by atoms with E-state index in [1.165, 1.54) is 0 Å². The summed E-state index contributed by atoms with van der Waals surface area (Å²) >= 11 is 0. The number of benzene rings is 4. The van der Waals surface area contributed by atoms with Gasteiger partial charge in [0.1, 0.15) is 52.1 Å². The van der Waals surface area contributed by atoms with Crippen molar-refractivity contribution < 1.29 is 0 Å². The highest BCUT2D eigenvalue weighted by atomic mass is 15.1. The van der Waals surface area contributed by atoms with Crippen LogP contribution in [0.2, 0.25) is 0 Å². The third-order valence-corrected chi connectivity index (χ3v) is 6.08. The number of para-hydroxylation sites is 3. The molecule has 0 aliphatic rings. The highest BCUT2D eigenvalue weighted by Gasteiger charge is 2.22. The fourth-order valence-electron chi connectivity index (χ4n) is 4.60. The topological polar surface area (TPSA) is 53.5 Å². The van der Waals surface area contributed by atoms with E-state index in [1.807, 2.05) is 73.6 Å². The summed E-state index contributed by atoms with van der Waals surface area (Å²) in [5.74, 6) is 0. The summed E-state index contributed by atoms with van der Waals surface area (Å²) in [6, 6.07) is 30.8. The van der Waals surface area contributed by atoms with Crippen molar-refractivity contribution in [2.24, 2.45) is 0 Å². The van der Waals surface area contributed by atoms with E-state index in [4.69, 9.17) is 15.0 Å². The Kier molecular flexibility index (Phi) is 3.75. The van der Waals surface area contributed by atoms with E-state index in [-0.39, 0.29) is 0 Å². The molecule has 0 aliphatic heterocycles. The third-order valence-electron chi connectivity index (χ3n) is 6.08. The minimum absolute atomic E-state index is 0.876. The van der Waals surface area contributed by atoms with Gasteiger partial charge in [0.25, 0.3) is 0 Å². The van der Waals surface area contributed by atoms with Gasteiger partial charge in [-0.2, -0.15) is 0 Å². The molecule has 0 N–H and O–H groups in total. The second-order valence-corrected chi connectivity index (χ2v) is 7.94. The molecule has 3 aromatic heterocycles. The number of hydrogen-bond donors (Lipinski definition) is 0. The van der Waals surface area contributed by atoms with Crippen LogP contribution in [-0.2, 0) is 0 Å². The first kappa shape index (κ1) is 17.9. The zero-order valence-corrected chi connectivity index (χ0v) is 17.6. The molecule has 156 valence electrons. The number of aromatic nitrogens is 6. The van der Waals surface area contributed by atoms with Crippen LogP contribution in [0.3, 0.4) is 0 Å². The van der Waals surface area contributed by atoms with Crippen LogP contribution in [0.15, 0.2) is 110 Å². The fourth-order valence-corrected chi connectivity index (χ4v) is 4.60. The smallest absolute Gasteiger partial charge is 0.117 e. The SMILES string of the molecule is c1ccc(-n2cnc3c2c2ncn(-c4ccccc4)c2c2ncn(-c4ccccc4)c32)cc1. The van der Waals surface area contributed by atoms with Gasteiger partial charge in [-0.3, -0.25) is 13.7 Å². The van der Waals surface area contributed by atoms with Gasteiger partial charge in [0.15, 0.2) is 0 Å². The maximum atomic E-state index is 4.87. The first-order chi connectivity index (χ1) is 16.4. The minimum atomic E-state index is 0.876. The summed E-state index contributed by atoms with van der Waals surface area (Å²) in [7, 11) is 0.